The smallest absolute Gasteiger partial charge is 0.252 e. The van der Waals surface area contributed by atoms with Gasteiger partial charge in [-0.3, -0.25) is 4.79 Å². The van der Waals surface area contributed by atoms with E-state index in [1.54, 1.807) is 23.1 Å². The Hall–Kier alpha value is -1.53. The molecule has 0 saturated carbocycles. The second-order valence-corrected chi connectivity index (χ2v) is 7.40. The number of hydrogen-bond acceptors (Lipinski definition) is 5. The summed E-state index contributed by atoms with van der Waals surface area (Å²) in [5, 5.41) is 6.22. The SMILES string of the molecule is CSc1ccccc1C(=O)NCC1CCCN(c2nccs2)C1. The molecule has 4 nitrogen and oxygen atoms in total. The summed E-state index contributed by atoms with van der Waals surface area (Å²) >= 11 is 3.29. The molecule has 1 fully saturated rings. The van der Waals surface area contributed by atoms with Gasteiger partial charge in [-0.05, 0) is 37.1 Å². The average Bonchev–Trinajstić information content (AvgIpc) is 3.14. The van der Waals surface area contributed by atoms with Gasteiger partial charge in [-0.1, -0.05) is 12.1 Å². The van der Waals surface area contributed by atoms with Gasteiger partial charge in [0.25, 0.3) is 5.91 Å². The number of carbonyl (C=O) groups excluding carboxylic acids is 1. The Balaban J connectivity index is 1.56. The average molecular weight is 348 g/mol. The van der Waals surface area contributed by atoms with E-state index in [1.165, 1.54) is 0 Å². The van der Waals surface area contributed by atoms with Crippen molar-refractivity contribution in [2.75, 3.05) is 30.8 Å². The topological polar surface area (TPSA) is 45.2 Å². The highest BCUT2D eigenvalue weighted by Crippen LogP contribution is 2.25. The van der Waals surface area contributed by atoms with Crippen LogP contribution in [0.25, 0.3) is 0 Å². The molecular formula is C17H21N3OS2. The Morgan fingerprint density at radius 1 is 1.48 bits per heavy atom. The standard InChI is InChI=1S/C17H21N3OS2/c1-22-15-7-3-2-6-14(15)16(21)19-11-13-5-4-9-20(12-13)17-18-8-10-23-17/h2-3,6-8,10,13H,4-5,9,11-12H2,1H3,(H,19,21). The molecule has 1 aliphatic rings. The monoisotopic (exact) mass is 347 g/mol. The van der Waals surface area contributed by atoms with Crippen LogP contribution in [0.1, 0.15) is 23.2 Å². The molecule has 1 atom stereocenters. The molecule has 1 aromatic heterocycles. The molecule has 3 rings (SSSR count). The van der Waals surface area contributed by atoms with Crippen molar-refractivity contribution in [2.24, 2.45) is 5.92 Å². The molecule has 0 radical (unpaired) electrons. The van der Waals surface area contributed by atoms with Crippen molar-refractivity contribution < 1.29 is 4.79 Å². The highest BCUT2D eigenvalue weighted by Gasteiger charge is 2.22. The maximum atomic E-state index is 12.4. The van der Waals surface area contributed by atoms with Gasteiger partial charge < -0.3 is 10.2 Å². The first-order valence-electron chi connectivity index (χ1n) is 7.83. The van der Waals surface area contributed by atoms with E-state index in [2.05, 4.69) is 15.2 Å². The van der Waals surface area contributed by atoms with Crippen LogP contribution in [0.5, 0.6) is 0 Å². The lowest BCUT2D eigenvalue weighted by Gasteiger charge is -2.32. The third kappa shape index (κ3) is 4.06. The Morgan fingerprint density at radius 3 is 3.13 bits per heavy atom. The lowest BCUT2D eigenvalue weighted by molar-refractivity contribution is 0.0942. The molecule has 0 spiro atoms. The molecule has 23 heavy (non-hydrogen) atoms. The minimum absolute atomic E-state index is 0.0290. The first-order valence-corrected chi connectivity index (χ1v) is 9.94. The molecule has 6 heteroatoms. The fourth-order valence-corrected chi connectivity index (χ4v) is 4.22. The van der Waals surface area contributed by atoms with Crippen LogP contribution in [0.15, 0.2) is 40.7 Å². The third-order valence-corrected chi connectivity index (χ3v) is 5.74. The first-order chi connectivity index (χ1) is 11.3. The van der Waals surface area contributed by atoms with E-state index in [9.17, 15) is 4.79 Å². The largest absolute Gasteiger partial charge is 0.352 e. The second kappa shape index (κ2) is 7.84. The van der Waals surface area contributed by atoms with Gasteiger partial charge in [0.1, 0.15) is 0 Å². The number of amides is 1. The van der Waals surface area contributed by atoms with E-state index in [0.717, 1.165) is 48.1 Å². The molecule has 2 heterocycles. The van der Waals surface area contributed by atoms with Crippen LogP contribution in [0, 0.1) is 5.92 Å². The molecule has 2 aromatic rings. The van der Waals surface area contributed by atoms with Crippen LogP contribution >= 0.6 is 23.1 Å². The van der Waals surface area contributed by atoms with Gasteiger partial charge in [0.05, 0.1) is 5.56 Å². The van der Waals surface area contributed by atoms with Crippen LogP contribution in [0.4, 0.5) is 5.13 Å². The lowest BCUT2D eigenvalue weighted by Crippen LogP contribution is -2.41. The Kier molecular flexibility index (Phi) is 5.56. The van der Waals surface area contributed by atoms with Gasteiger partial charge in [0.15, 0.2) is 5.13 Å². The zero-order valence-electron chi connectivity index (χ0n) is 13.2. The molecule has 1 amide bonds. The quantitative estimate of drug-likeness (QED) is 0.841. The van der Waals surface area contributed by atoms with Crippen LogP contribution in [0.3, 0.4) is 0 Å². The number of benzene rings is 1. The number of hydrogen-bond donors (Lipinski definition) is 1. The van der Waals surface area contributed by atoms with Crippen LogP contribution < -0.4 is 10.2 Å². The van der Waals surface area contributed by atoms with Crippen LogP contribution in [0.2, 0.25) is 0 Å². The normalized spacial score (nSPS) is 18.0. The zero-order valence-corrected chi connectivity index (χ0v) is 14.8. The summed E-state index contributed by atoms with van der Waals surface area (Å²) < 4.78 is 0. The van der Waals surface area contributed by atoms with Gasteiger partial charge in [0, 0.05) is 36.1 Å². The van der Waals surface area contributed by atoms with Crippen LogP contribution in [-0.2, 0) is 0 Å². The van der Waals surface area contributed by atoms with Crippen molar-refractivity contribution in [3.8, 4) is 0 Å². The van der Waals surface area contributed by atoms with Gasteiger partial charge in [-0.15, -0.1) is 23.1 Å². The fraction of sp³-hybridized carbons (Fsp3) is 0.412. The number of rotatable bonds is 5. The predicted octanol–water partition coefficient (Wildman–Crippen LogP) is 3.51. The van der Waals surface area contributed by atoms with E-state index in [4.69, 9.17) is 0 Å². The molecular weight excluding hydrogens is 326 g/mol. The summed E-state index contributed by atoms with van der Waals surface area (Å²) in [6.45, 7) is 2.76. The van der Waals surface area contributed by atoms with Gasteiger partial charge in [0.2, 0.25) is 0 Å². The second-order valence-electron chi connectivity index (χ2n) is 5.68. The summed E-state index contributed by atoms with van der Waals surface area (Å²) in [5.74, 6) is 0.513. The minimum atomic E-state index is 0.0290. The predicted molar refractivity (Wildman–Crippen MR) is 97.6 cm³/mol. The third-order valence-electron chi connectivity index (χ3n) is 4.11. The molecule has 1 saturated heterocycles. The van der Waals surface area contributed by atoms with E-state index in [1.807, 2.05) is 42.1 Å². The highest BCUT2D eigenvalue weighted by molar-refractivity contribution is 7.98. The van der Waals surface area contributed by atoms with Crippen molar-refractivity contribution in [1.29, 1.82) is 0 Å². The number of aromatic nitrogens is 1. The number of carbonyl (C=O) groups is 1. The van der Waals surface area contributed by atoms with Crippen LogP contribution in [-0.4, -0.2) is 36.8 Å². The summed E-state index contributed by atoms with van der Waals surface area (Å²) in [6, 6.07) is 7.77. The maximum absolute atomic E-state index is 12.4. The van der Waals surface area contributed by atoms with Gasteiger partial charge in [-0.2, -0.15) is 0 Å². The summed E-state index contributed by atoms with van der Waals surface area (Å²) in [5.41, 5.74) is 0.771. The van der Waals surface area contributed by atoms with E-state index >= 15 is 0 Å². The number of thioether (sulfide) groups is 1. The molecule has 0 aliphatic carbocycles. The molecule has 1 aromatic carbocycles. The number of anilines is 1. The van der Waals surface area contributed by atoms with E-state index in [0.29, 0.717) is 5.92 Å². The van der Waals surface area contributed by atoms with Crippen molar-refractivity contribution in [3.05, 3.63) is 41.4 Å². The van der Waals surface area contributed by atoms with Crippen molar-refractivity contribution in [3.63, 3.8) is 0 Å². The summed E-state index contributed by atoms with van der Waals surface area (Å²) in [7, 11) is 0. The number of nitrogens with zero attached hydrogens (tertiary/aromatic N) is 2. The number of piperidine rings is 1. The highest BCUT2D eigenvalue weighted by atomic mass is 32.2. The van der Waals surface area contributed by atoms with E-state index in [-0.39, 0.29) is 5.91 Å². The van der Waals surface area contributed by atoms with Crippen molar-refractivity contribution in [2.45, 2.75) is 17.7 Å². The van der Waals surface area contributed by atoms with Gasteiger partial charge >= 0.3 is 0 Å². The number of nitrogens with one attached hydrogen (secondary N) is 1. The maximum Gasteiger partial charge on any atom is 0.252 e. The summed E-state index contributed by atoms with van der Waals surface area (Å²) in [6.07, 6.45) is 6.16. The first kappa shape index (κ1) is 16.3. The summed E-state index contributed by atoms with van der Waals surface area (Å²) in [4.78, 5) is 20.2. The number of thiazole rings is 1. The Morgan fingerprint density at radius 2 is 2.35 bits per heavy atom. The molecule has 1 aliphatic heterocycles. The minimum Gasteiger partial charge on any atom is -0.352 e. The van der Waals surface area contributed by atoms with E-state index < -0.39 is 0 Å². The fourth-order valence-electron chi connectivity index (χ4n) is 2.94. The zero-order chi connectivity index (χ0) is 16.1. The van der Waals surface area contributed by atoms with Crippen molar-refractivity contribution >= 4 is 34.1 Å². The Labute approximate surface area is 145 Å². The molecule has 1 N–H and O–H groups in total. The molecule has 0 bridgehead atoms. The van der Waals surface area contributed by atoms with Gasteiger partial charge in [-0.25, -0.2) is 4.98 Å². The Bertz CT molecular complexity index is 645. The molecule has 122 valence electrons. The molecule has 1 unspecified atom stereocenters. The van der Waals surface area contributed by atoms with Crippen molar-refractivity contribution in [1.82, 2.24) is 10.3 Å². The lowest BCUT2D eigenvalue weighted by atomic mass is 9.98.